The van der Waals surface area contributed by atoms with Crippen molar-refractivity contribution in [3.8, 4) is 11.3 Å². The van der Waals surface area contributed by atoms with Crippen LogP contribution in [0, 0.1) is 0 Å². The van der Waals surface area contributed by atoms with Crippen LogP contribution in [0.5, 0.6) is 0 Å². The van der Waals surface area contributed by atoms with Crippen LogP contribution in [0.1, 0.15) is 48.2 Å². The van der Waals surface area contributed by atoms with E-state index in [0.29, 0.717) is 12.6 Å². The number of aromatic amines is 1. The Bertz CT molecular complexity index is 1000. The zero-order valence-corrected chi connectivity index (χ0v) is 15.3. The third kappa shape index (κ3) is 3.07. The number of carbonyl (C=O) groups is 1. The number of fused-ring (bicyclic) bond motifs is 2. The summed E-state index contributed by atoms with van der Waals surface area (Å²) in [4.78, 5) is 20.5. The van der Waals surface area contributed by atoms with Crippen LogP contribution in [0.2, 0.25) is 0 Å². The number of nitrogens with one attached hydrogen (secondary N) is 3. The number of aromatic nitrogens is 2. The van der Waals surface area contributed by atoms with E-state index in [1.54, 1.807) is 0 Å². The lowest BCUT2D eigenvalue weighted by molar-refractivity contribution is 0.0946. The molecule has 5 nitrogen and oxygen atoms in total. The molecule has 1 aliphatic heterocycles. The first-order valence-corrected chi connectivity index (χ1v) is 9.95. The van der Waals surface area contributed by atoms with Gasteiger partial charge in [0.2, 0.25) is 0 Å². The van der Waals surface area contributed by atoms with Crippen molar-refractivity contribution < 1.29 is 4.79 Å². The molecule has 0 radical (unpaired) electrons. The highest BCUT2D eigenvalue weighted by Crippen LogP contribution is 2.31. The molecule has 1 fully saturated rings. The zero-order chi connectivity index (χ0) is 18.2. The Kier molecular flexibility index (Phi) is 4.07. The van der Waals surface area contributed by atoms with Crippen LogP contribution in [0.25, 0.3) is 22.2 Å². The average Bonchev–Trinajstić information content (AvgIpc) is 3.14. The molecule has 138 valence electrons. The normalized spacial score (nSPS) is 17.6. The minimum Gasteiger partial charge on any atom is -0.367 e. The van der Waals surface area contributed by atoms with Gasteiger partial charge in [-0.25, -0.2) is 4.98 Å². The Hall–Kier alpha value is -2.82. The van der Waals surface area contributed by atoms with Gasteiger partial charge in [-0.2, -0.15) is 0 Å². The van der Waals surface area contributed by atoms with Gasteiger partial charge in [-0.15, -0.1) is 0 Å². The van der Waals surface area contributed by atoms with Crippen molar-refractivity contribution in [1.82, 2.24) is 15.3 Å². The van der Waals surface area contributed by atoms with Crippen LogP contribution in [-0.4, -0.2) is 28.5 Å². The van der Waals surface area contributed by atoms with Crippen molar-refractivity contribution in [1.29, 1.82) is 0 Å². The van der Waals surface area contributed by atoms with Crippen LogP contribution in [0.15, 0.2) is 36.4 Å². The summed E-state index contributed by atoms with van der Waals surface area (Å²) in [6, 6.07) is 12.9. The van der Waals surface area contributed by atoms with Gasteiger partial charge < -0.3 is 15.6 Å². The van der Waals surface area contributed by atoms with Crippen molar-refractivity contribution in [3.05, 3.63) is 47.7 Å². The van der Waals surface area contributed by atoms with Gasteiger partial charge in [0.1, 0.15) is 5.82 Å². The highest BCUT2D eigenvalue weighted by atomic mass is 16.1. The quantitative estimate of drug-likeness (QED) is 0.654. The molecule has 1 aromatic carbocycles. The maximum atomic E-state index is 12.1. The van der Waals surface area contributed by atoms with Gasteiger partial charge in [-0.05, 0) is 31.0 Å². The minimum atomic E-state index is 0.00611. The first-order valence-electron chi connectivity index (χ1n) is 9.95. The number of para-hydroxylation sites is 1. The number of hydrogen-bond acceptors (Lipinski definition) is 3. The summed E-state index contributed by atoms with van der Waals surface area (Å²) in [5.74, 6) is 0.947. The van der Waals surface area contributed by atoms with E-state index in [9.17, 15) is 4.79 Å². The van der Waals surface area contributed by atoms with E-state index in [1.165, 1.54) is 32.1 Å². The summed E-state index contributed by atoms with van der Waals surface area (Å²) in [6.07, 6.45) is 7.23. The first-order chi connectivity index (χ1) is 13.3. The van der Waals surface area contributed by atoms with Crippen molar-refractivity contribution in [2.24, 2.45) is 0 Å². The Labute approximate surface area is 158 Å². The van der Waals surface area contributed by atoms with Crippen LogP contribution in [-0.2, 0) is 6.42 Å². The predicted molar refractivity (Wildman–Crippen MR) is 108 cm³/mol. The van der Waals surface area contributed by atoms with Gasteiger partial charge in [0.15, 0.2) is 0 Å². The molecule has 1 aliphatic carbocycles. The molecule has 2 aliphatic rings. The lowest BCUT2D eigenvalue weighted by atomic mass is 9.95. The SMILES string of the molecule is O=C1NCCc2[nH]c(-c3cccc4ccc(NC5CCCCC5)nc34)cc21. The Balaban J connectivity index is 1.54. The van der Waals surface area contributed by atoms with E-state index >= 15 is 0 Å². The second-order valence-electron chi connectivity index (χ2n) is 7.63. The summed E-state index contributed by atoms with van der Waals surface area (Å²) < 4.78 is 0. The first kappa shape index (κ1) is 16.4. The Morgan fingerprint density at radius 2 is 1.93 bits per heavy atom. The number of carbonyl (C=O) groups excluding carboxylic acids is 1. The van der Waals surface area contributed by atoms with Gasteiger partial charge >= 0.3 is 0 Å². The standard InChI is InChI=1S/C22H24N4O/c27-22-17-13-19(25-18(17)11-12-23-22)16-8-4-5-14-9-10-20(26-21(14)16)24-15-6-2-1-3-7-15/h4-5,8-10,13,15,25H,1-3,6-7,11-12H2,(H,23,27)(H,24,26). The lowest BCUT2D eigenvalue weighted by Gasteiger charge is -2.23. The van der Waals surface area contributed by atoms with E-state index < -0.39 is 0 Å². The summed E-state index contributed by atoms with van der Waals surface area (Å²) >= 11 is 0. The molecular formula is C22H24N4O. The average molecular weight is 360 g/mol. The summed E-state index contributed by atoms with van der Waals surface area (Å²) in [7, 11) is 0. The Morgan fingerprint density at radius 3 is 2.78 bits per heavy atom. The second-order valence-corrected chi connectivity index (χ2v) is 7.63. The maximum Gasteiger partial charge on any atom is 0.253 e. The van der Waals surface area contributed by atoms with Gasteiger partial charge in [-0.3, -0.25) is 4.79 Å². The van der Waals surface area contributed by atoms with Crippen molar-refractivity contribution >= 4 is 22.6 Å². The van der Waals surface area contributed by atoms with Crippen LogP contribution < -0.4 is 10.6 Å². The maximum absolute atomic E-state index is 12.1. The van der Waals surface area contributed by atoms with E-state index in [0.717, 1.165) is 45.7 Å². The van der Waals surface area contributed by atoms with Crippen LogP contribution in [0.3, 0.4) is 0 Å². The van der Waals surface area contributed by atoms with Crippen molar-refractivity contribution in [2.45, 2.75) is 44.6 Å². The molecule has 0 bridgehead atoms. The number of anilines is 1. The van der Waals surface area contributed by atoms with E-state index in [-0.39, 0.29) is 5.91 Å². The fourth-order valence-electron chi connectivity index (χ4n) is 4.34. The summed E-state index contributed by atoms with van der Waals surface area (Å²) in [5, 5.41) is 7.64. The molecule has 0 atom stereocenters. The third-order valence-electron chi connectivity index (χ3n) is 5.77. The molecule has 27 heavy (non-hydrogen) atoms. The molecule has 0 saturated heterocycles. The number of nitrogens with zero attached hydrogens (tertiary/aromatic N) is 1. The molecule has 0 spiro atoms. The van der Waals surface area contributed by atoms with E-state index in [2.05, 4.69) is 39.9 Å². The second kappa shape index (κ2) is 6.72. The minimum absolute atomic E-state index is 0.00611. The molecule has 3 aromatic rings. The van der Waals surface area contributed by atoms with Gasteiger partial charge in [0, 0.05) is 41.3 Å². The van der Waals surface area contributed by atoms with E-state index in [1.807, 2.05) is 12.1 Å². The van der Waals surface area contributed by atoms with E-state index in [4.69, 9.17) is 4.98 Å². The molecular weight excluding hydrogens is 336 g/mol. The molecule has 3 N–H and O–H groups in total. The highest BCUT2D eigenvalue weighted by molar-refractivity contribution is 6.00. The fraction of sp³-hybridized carbons (Fsp3) is 0.364. The Morgan fingerprint density at radius 1 is 1.04 bits per heavy atom. The molecule has 1 amide bonds. The molecule has 2 aromatic heterocycles. The number of benzene rings is 1. The topological polar surface area (TPSA) is 69.8 Å². The van der Waals surface area contributed by atoms with Crippen LogP contribution in [0.4, 0.5) is 5.82 Å². The molecule has 3 heterocycles. The largest absolute Gasteiger partial charge is 0.367 e. The van der Waals surface area contributed by atoms with Gasteiger partial charge in [0.05, 0.1) is 11.1 Å². The number of pyridine rings is 1. The number of H-pyrrole nitrogens is 1. The fourth-order valence-corrected chi connectivity index (χ4v) is 4.34. The number of hydrogen-bond donors (Lipinski definition) is 3. The number of amides is 1. The van der Waals surface area contributed by atoms with Crippen LogP contribution >= 0.6 is 0 Å². The number of rotatable bonds is 3. The highest BCUT2D eigenvalue weighted by Gasteiger charge is 2.21. The summed E-state index contributed by atoms with van der Waals surface area (Å²) in [6.45, 7) is 0.690. The molecule has 0 unspecified atom stereocenters. The van der Waals surface area contributed by atoms with Gasteiger partial charge in [-0.1, -0.05) is 37.5 Å². The zero-order valence-electron chi connectivity index (χ0n) is 15.3. The monoisotopic (exact) mass is 360 g/mol. The smallest absolute Gasteiger partial charge is 0.253 e. The van der Waals surface area contributed by atoms with Crippen molar-refractivity contribution in [3.63, 3.8) is 0 Å². The molecule has 5 rings (SSSR count). The lowest BCUT2D eigenvalue weighted by Crippen LogP contribution is -2.31. The third-order valence-corrected chi connectivity index (χ3v) is 5.77. The summed E-state index contributed by atoms with van der Waals surface area (Å²) in [5.41, 5.74) is 4.75. The molecule has 1 saturated carbocycles. The molecule has 5 heteroatoms. The predicted octanol–water partition coefficient (Wildman–Crippen LogP) is 4.26. The van der Waals surface area contributed by atoms with Crippen molar-refractivity contribution in [2.75, 3.05) is 11.9 Å². The van der Waals surface area contributed by atoms with Gasteiger partial charge in [0.25, 0.3) is 5.91 Å².